The van der Waals surface area contributed by atoms with E-state index in [9.17, 15) is 13.2 Å². The number of carboxylic acid groups (broad SMARTS) is 1. The Morgan fingerprint density at radius 1 is 1.10 bits per heavy atom. The topological polar surface area (TPSA) is 120 Å². The van der Waals surface area contributed by atoms with E-state index in [-0.39, 0.29) is 22.6 Å². The van der Waals surface area contributed by atoms with Crippen molar-refractivity contribution >= 4 is 27.6 Å². The molecule has 0 saturated heterocycles. The zero-order valence-corrected chi connectivity index (χ0v) is 16.8. The molecule has 31 heavy (non-hydrogen) atoms. The van der Waals surface area contributed by atoms with Gasteiger partial charge in [-0.1, -0.05) is 6.07 Å². The van der Waals surface area contributed by atoms with Crippen LogP contribution in [-0.4, -0.2) is 54.2 Å². The van der Waals surface area contributed by atoms with E-state index in [1.54, 1.807) is 0 Å². The van der Waals surface area contributed by atoms with Gasteiger partial charge < -0.3 is 29.4 Å². The molecule has 0 radical (unpaired) electrons. The van der Waals surface area contributed by atoms with Crippen molar-refractivity contribution in [3.63, 3.8) is 0 Å². The van der Waals surface area contributed by atoms with E-state index in [0.29, 0.717) is 5.41 Å². The molecule has 0 saturated carbocycles. The fourth-order valence-corrected chi connectivity index (χ4v) is 3.56. The van der Waals surface area contributed by atoms with Crippen LogP contribution in [0.25, 0.3) is 6.08 Å². The first-order chi connectivity index (χ1) is 18.9. The van der Waals surface area contributed by atoms with Gasteiger partial charge in [0.05, 0.1) is 60.3 Å². The molecule has 0 aliphatic heterocycles. The van der Waals surface area contributed by atoms with Gasteiger partial charge >= 0.3 is 5.97 Å². The molecule has 9 nitrogen and oxygen atoms in total. The minimum atomic E-state index is -4.23. The Bertz CT molecular complexity index is 1440. The SMILES string of the molecule is [2H]C([2H])([2H])Oc1cc(OC)c(/C=C/S(=O)(=O)Cc2ccc(OC([2H])([2H])[2H])c(NC([2H])([2H])C(=O)O)c2)c(OC([2H])([2H])[2H])c1. The summed E-state index contributed by atoms with van der Waals surface area (Å²) < 4.78 is 126. The highest BCUT2D eigenvalue weighted by Crippen LogP contribution is 2.35. The van der Waals surface area contributed by atoms with Gasteiger partial charge in [0.1, 0.15) is 29.5 Å². The second-order valence-corrected chi connectivity index (χ2v) is 7.73. The van der Waals surface area contributed by atoms with Crippen LogP contribution in [-0.2, 0) is 20.4 Å². The van der Waals surface area contributed by atoms with Crippen LogP contribution >= 0.6 is 0 Å². The Kier molecular flexibility index (Phi) is 4.25. The van der Waals surface area contributed by atoms with E-state index >= 15 is 0 Å². The smallest absolute Gasteiger partial charge is 0.322 e. The van der Waals surface area contributed by atoms with Crippen LogP contribution < -0.4 is 24.3 Å². The first-order valence-corrected chi connectivity index (χ1v) is 9.96. The lowest BCUT2D eigenvalue weighted by Gasteiger charge is -2.13. The Balaban J connectivity index is 2.51. The third-order valence-electron chi connectivity index (χ3n) is 3.79. The lowest BCUT2D eigenvalue weighted by molar-refractivity contribution is -0.134. The largest absolute Gasteiger partial charge is 0.496 e. The average Bonchev–Trinajstić information content (AvgIpc) is 2.76. The van der Waals surface area contributed by atoms with E-state index < -0.39 is 66.4 Å². The van der Waals surface area contributed by atoms with E-state index in [1.165, 1.54) is 0 Å². The van der Waals surface area contributed by atoms with Gasteiger partial charge in [-0.05, 0) is 23.8 Å². The molecule has 168 valence electrons. The molecule has 0 heterocycles. The molecular formula is C21H25NO8S. The second-order valence-electron chi connectivity index (χ2n) is 5.84. The number of aliphatic carboxylic acids is 1. The van der Waals surface area contributed by atoms with Gasteiger partial charge in [0.2, 0.25) is 0 Å². The molecule has 2 rings (SSSR count). The fourth-order valence-electron chi connectivity index (χ4n) is 2.48. The maximum absolute atomic E-state index is 13.0. The van der Waals surface area contributed by atoms with Gasteiger partial charge in [-0.25, -0.2) is 8.42 Å². The van der Waals surface area contributed by atoms with E-state index in [4.69, 9.17) is 39.1 Å². The van der Waals surface area contributed by atoms with Crippen molar-refractivity contribution in [1.82, 2.24) is 0 Å². The summed E-state index contributed by atoms with van der Waals surface area (Å²) in [5, 5.41) is 11.7. The molecule has 2 N–H and O–H groups in total. The molecule has 0 aliphatic rings. The quantitative estimate of drug-likeness (QED) is 0.519. The third kappa shape index (κ3) is 6.54. The molecule has 10 heteroatoms. The number of benzene rings is 2. The number of hydrogen-bond acceptors (Lipinski definition) is 8. The van der Waals surface area contributed by atoms with Crippen LogP contribution in [0.4, 0.5) is 5.69 Å². The first-order valence-electron chi connectivity index (χ1n) is 13.7. The number of methoxy groups -OCH3 is 4. The summed E-state index contributed by atoms with van der Waals surface area (Å²) in [5.41, 5.74) is -0.711. The first kappa shape index (κ1) is 12.5. The summed E-state index contributed by atoms with van der Waals surface area (Å²) in [7, 11) is -12.0. The maximum Gasteiger partial charge on any atom is 0.322 e. The summed E-state index contributed by atoms with van der Waals surface area (Å²) in [6.45, 7) is -3.09. The number of hydrogen-bond donors (Lipinski definition) is 2. The molecule has 0 aliphatic carbocycles. The molecule has 0 bridgehead atoms. The number of nitrogens with one attached hydrogen (secondary N) is 1. The number of sulfone groups is 1. The fraction of sp³-hybridized carbons (Fsp3) is 0.286. The molecular weight excluding hydrogens is 426 g/mol. The van der Waals surface area contributed by atoms with Crippen molar-refractivity contribution in [2.24, 2.45) is 0 Å². The van der Waals surface area contributed by atoms with Crippen molar-refractivity contribution in [2.45, 2.75) is 5.75 Å². The van der Waals surface area contributed by atoms with E-state index in [1.807, 2.05) is 5.32 Å². The van der Waals surface area contributed by atoms with Gasteiger partial charge in [0.15, 0.2) is 9.84 Å². The molecule has 2 aromatic rings. The highest BCUT2D eigenvalue weighted by Gasteiger charge is 2.15. The maximum atomic E-state index is 13.0. The van der Waals surface area contributed by atoms with E-state index in [0.717, 1.165) is 43.5 Å². The summed E-state index contributed by atoms with van der Waals surface area (Å²) in [6.07, 6.45) is 0.933. The predicted octanol–water partition coefficient (Wildman–Crippen LogP) is 2.80. The second kappa shape index (κ2) is 10.6. The zero-order chi connectivity index (χ0) is 32.3. The van der Waals surface area contributed by atoms with Gasteiger partial charge in [0.25, 0.3) is 0 Å². The Morgan fingerprint density at radius 3 is 2.42 bits per heavy atom. The monoisotopic (exact) mass is 462 g/mol. The van der Waals surface area contributed by atoms with Crippen molar-refractivity contribution in [3.8, 4) is 23.0 Å². The van der Waals surface area contributed by atoms with Gasteiger partial charge in [-0.15, -0.1) is 0 Å². The molecule has 0 unspecified atom stereocenters. The number of carboxylic acids is 1. The highest BCUT2D eigenvalue weighted by molar-refractivity contribution is 7.93. The predicted molar refractivity (Wildman–Crippen MR) is 117 cm³/mol. The minimum Gasteiger partial charge on any atom is -0.496 e. The minimum absolute atomic E-state index is 0.0476. The van der Waals surface area contributed by atoms with Crippen LogP contribution in [0.5, 0.6) is 23.0 Å². The van der Waals surface area contributed by atoms with Crippen LogP contribution in [0.2, 0.25) is 0 Å². The average molecular weight is 463 g/mol. The molecule has 2 aromatic carbocycles. The van der Waals surface area contributed by atoms with Gasteiger partial charge in [-0.3, -0.25) is 4.79 Å². The molecule has 0 amide bonds. The van der Waals surface area contributed by atoms with E-state index in [2.05, 4.69) is 0 Å². The third-order valence-corrected chi connectivity index (χ3v) is 5.08. The summed E-state index contributed by atoms with van der Waals surface area (Å²) >= 11 is 0. The van der Waals surface area contributed by atoms with Gasteiger partial charge in [0, 0.05) is 17.5 Å². The van der Waals surface area contributed by atoms with Gasteiger partial charge in [-0.2, -0.15) is 0 Å². The summed E-state index contributed by atoms with van der Waals surface area (Å²) in [5.74, 6) is -4.24. The lowest BCUT2D eigenvalue weighted by Crippen LogP contribution is -2.13. The van der Waals surface area contributed by atoms with Crippen molar-refractivity contribution < 1.29 is 52.3 Å². The van der Waals surface area contributed by atoms with Crippen LogP contribution in [0.15, 0.2) is 35.7 Å². The lowest BCUT2D eigenvalue weighted by atomic mass is 10.1. The standard InChI is InChI=1S/C21H25NO8S/c1-27-15-10-19(29-3)16(20(11-15)30-4)7-8-31(25,26)13-14-5-6-18(28-2)17(9-14)22-12-21(23)24/h5-11,22H,12-13H2,1-4H3,(H,23,24)/b8-7+/i1D3,2D3,3D3,12D2. The molecule has 0 spiro atoms. The highest BCUT2D eigenvalue weighted by atomic mass is 32.2. The number of ether oxygens (including phenoxy) is 4. The molecule has 0 fully saturated rings. The van der Waals surface area contributed by atoms with Crippen molar-refractivity contribution in [2.75, 3.05) is 40.0 Å². The summed E-state index contributed by atoms with van der Waals surface area (Å²) in [4.78, 5) is 11.2. The normalized spacial score (nSPS) is 18.2. The number of anilines is 1. The van der Waals surface area contributed by atoms with Crippen LogP contribution in [0.1, 0.15) is 26.2 Å². The number of rotatable bonds is 11. The van der Waals surface area contributed by atoms with Crippen molar-refractivity contribution in [3.05, 3.63) is 46.9 Å². The molecule has 0 atom stereocenters. The molecule has 0 aromatic heterocycles. The van der Waals surface area contributed by atoms with Crippen LogP contribution in [0, 0.1) is 0 Å². The zero-order valence-electron chi connectivity index (χ0n) is 27.0. The number of carbonyl (C=O) groups is 1. The summed E-state index contributed by atoms with van der Waals surface area (Å²) in [6, 6.07) is 5.14. The van der Waals surface area contributed by atoms with Crippen LogP contribution in [0.3, 0.4) is 0 Å². The Hall–Kier alpha value is -3.40. The Morgan fingerprint density at radius 2 is 1.77 bits per heavy atom. The Labute approximate surface area is 196 Å². The van der Waals surface area contributed by atoms with Crippen molar-refractivity contribution in [1.29, 1.82) is 0 Å².